The van der Waals surface area contributed by atoms with E-state index in [0.717, 1.165) is 12.8 Å². The molecule has 0 fully saturated rings. The predicted molar refractivity (Wildman–Crippen MR) is 76.1 cm³/mol. The van der Waals surface area contributed by atoms with Crippen LogP contribution in [0, 0.1) is 6.92 Å². The van der Waals surface area contributed by atoms with Crippen molar-refractivity contribution in [3.8, 4) is 5.75 Å². The molecule has 1 atom stereocenters. The molecule has 5 nitrogen and oxygen atoms in total. The molecule has 1 aromatic rings. The molecule has 1 unspecified atom stereocenters. The summed E-state index contributed by atoms with van der Waals surface area (Å²) in [5.74, 6) is -0.650. The molecule has 110 valence electrons. The van der Waals surface area contributed by atoms with Gasteiger partial charge in [-0.25, -0.2) is 4.79 Å². The molecule has 0 saturated carbocycles. The van der Waals surface area contributed by atoms with Gasteiger partial charge in [0.15, 0.2) is 6.10 Å². The SMILES string of the molecule is CCCCNC(=O)C(C)Oc1ccc(C(=O)O)c(C)c1. The van der Waals surface area contributed by atoms with E-state index in [4.69, 9.17) is 9.84 Å². The molecule has 1 aromatic carbocycles. The summed E-state index contributed by atoms with van der Waals surface area (Å²) in [4.78, 5) is 22.7. The first kappa shape index (κ1) is 16.0. The van der Waals surface area contributed by atoms with Gasteiger partial charge in [-0.3, -0.25) is 4.79 Å². The topological polar surface area (TPSA) is 75.6 Å². The first-order valence-corrected chi connectivity index (χ1v) is 6.74. The average molecular weight is 279 g/mol. The van der Waals surface area contributed by atoms with Gasteiger partial charge in [-0.05, 0) is 44.0 Å². The fourth-order valence-corrected chi connectivity index (χ4v) is 1.74. The van der Waals surface area contributed by atoms with Crippen LogP contribution in [0.4, 0.5) is 0 Å². The average Bonchev–Trinajstić information content (AvgIpc) is 2.38. The number of hydrogen-bond donors (Lipinski definition) is 2. The quantitative estimate of drug-likeness (QED) is 0.751. The molecule has 0 radical (unpaired) electrons. The molecule has 1 amide bonds. The fraction of sp³-hybridized carbons (Fsp3) is 0.467. The summed E-state index contributed by atoms with van der Waals surface area (Å²) >= 11 is 0. The number of carbonyl (C=O) groups excluding carboxylic acids is 1. The summed E-state index contributed by atoms with van der Waals surface area (Å²) in [5.41, 5.74) is 0.839. The Balaban J connectivity index is 2.62. The van der Waals surface area contributed by atoms with Gasteiger partial charge in [0.25, 0.3) is 5.91 Å². The third kappa shape index (κ3) is 4.57. The lowest BCUT2D eigenvalue weighted by Crippen LogP contribution is -2.36. The van der Waals surface area contributed by atoms with E-state index in [-0.39, 0.29) is 11.5 Å². The van der Waals surface area contributed by atoms with E-state index in [2.05, 4.69) is 12.2 Å². The fourth-order valence-electron chi connectivity index (χ4n) is 1.74. The Morgan fingerprint density at radius 1 is 1.40 bits per heavy atom. The Bertz CT molecular complexity index is 485. The summed E-state index contributed by atoms with van der Waals surface area (Å²) < 4.78 is 5.52. The van der Waals surface area contributed by atoms with Crippen molar-refractivity contribution in [2.24, 2.45) is 0 Å². The number of carboxylic acid groups (broad SMARTS) is 1. The van der Waals surface area contributed by atoms with Crippen LogP contribution >= 0.6 is 0 Å². The van der Waals surface area contributed by atoms with Crippen LogP contribution in [-0.4, -0.2) is 29.6 Å². The van der Waals surface area contributed by atoms with Crippen molar-refractivity contribution in [3.63, 3.8) is 0 Å². The molecule has 0 aliphatic carbocycles. The van der Waals surface area contributed by atoms with E-state index in [0.29, 0.717) is 17.9 Å². The molecule has 0 bridgehead atoms. The number of aryl methyl sites for hydroxylation is 1. The van der Waals surface area contributed by atoms with Crippen LogP contribution in [0.3, 0.4) is 0 Å². The number of amides is 1. The van der Waals surface area contributed by atoms with E-state index >= 15 is 0 Å². The van der Waals surface area contributed by atoms with Gasteiger partial charge in [0.2, 0.25) is 0 Å². The van der Waals surface area contributed by atoms with Gasteiger partial charge in [0.05, 0.1) is 5.56 Å². The number of carboxylic acids is 1. The highest BCUT2D eigenvalue weighted by atomic mass is 16.5. The molecule has 0 heterocycles. The van der Waals surface area contributed by atoms with E-state index < -0.39 is 12.1 Å². The van der Waals surface area contributed by atoms with Crippen LogP contribution in [0.2, 0.25) is 0 Å². The minimum atomic E-state index is -0.973. The number of benzene rings is 1. The second-order valence-corrected chi connectivity index (χ2v) is 4.69. The van der Waals surface area contributed by atoms with Gasteiger partial charge >= 0.3 is 5.97 Å². The number of ether oxygens (including phenoxy) is 1. The molecule has 0 aliphatic rings. The Morgan fingerprint density at radius 2 is 2.10 bits per heavy atom. The van der Waals surface area contributed by atoms with Crippen molar-refractivity contribution < 1.29 is 19.4 Å². The van der Waals surface area contributed by atoms with E-state index in [1.165, 1.54) is 6.07 Å². The number of hydrogen-bond acceptors (Lipinski definition) is 3. The van der Waals surface area contributed by atoms with Crippen molar-refractivity contribution in [1.29, 1.82) is 0 Å². The molecule has 0 saturated heterocycles. The minimum Gasteiger partial charge on any atom is -0.481 e. The Kier molecular flexibility index (Phi) is 6.03. The predicted octanol–water partition coefficient (Wildman–Crippen LogP) is 2.38. The van der Waals surface area contributed by atoms with Gasteiger partial charge in [-0.2, -0.15) is 0 Å². The minimum absolute atomic E-state index is 0.168. The van der Waals surface area contributed by atoms with Gasteiger partial charge in [-0.1, -0.05) is 13.3 Å². The summed E-state index contributed by atoms with van der Waals surface area (Å²) in [6.45, 7) is 6.06. The monoisotopic (exact) mass is 279 g/mol. The van der Waals surface area contributed by atoms with Crippen LogP contribution in [0.15, 0.2) is 18.2 Å². The van der Waals surface area contributed by atoms with Gasteiger partial charge in [0, 0.05) is 6.54 Å². The second-order valence-electron chi connectivity index (χ2n) is 4.69. The van der Waals surface area contributed by atoms with E-state index in [1.54, 1.807) is 26.0 Å². The van der Waals surface area contributed by atoms with Crippen LogP contribution in [0.1, 0.15) is 42.6 Å². The molecule has 0 spiro atoms. The third-order valence-electron chi connectivity index (χ3n) is 2.94. The molecule has 0 aliphatic heterocycles. The van der Waals surface area contributed by atoms with Crippen LogP contribution in [0.5, 0.6) is 5.75 Å². The molecule has 0 aromatic heterocycles. The highest BCUT2D eigenvalue weighted by molar-refractivity contribution is 5.89. The summed E-state index contributed by atoms with van der Waals surface area (Å²) in [7, 11) is 0. The van der Waals surface area contributed by atoms with Crippen molar-refractivity contribution in [2.45, 2.75) is 39.7 Å². The van der Waals surface area contributed by atoms with E-state index in [9.17, 15) is 9.59 Å². The van der Waals surface area contributed by atoms with Crippen molar-refractivity contribution in [1.82, 2.24) is 5.32 Å². The zero-order valence-corrected chi connectivity index (χ0v) is 12.1. The highest BCUT2D eigenvalue weighted by Crippen LogP contribution is 2.18. The van der Waals surface area contributed by atoms with Crippen LogP contribution in [-0.2, 0) is 4.79 Å². The standard InChI is InChI=1S/C15H21NO4/c1-4-5-8-16-14(17)11(3)20-12-6-7-13(15(18)19)10(2)9-12/h6-7,9,11H,4-5,8H2,1-3H3,(H,16,17)(H,18,19). The lowest BCUT2D eigenvalue weighted by molar-refractivity contribution is -0.127. The molecular weight excluding hydrogens is 258 g/mol. The van der Waals surface area contributed by atoms with Crippen molar-refractivity contribution >= 4 is 11.9 Å². The molecule has 5 heteroatoms. The largest absolute Gasteiger partial charge is 0.481 e. The maximum absolute atomic E-state index is 11.8. The third-order valence-corrected chi connectivity index (χ3v) is 2.94. The smallest absolute Gasteiger partial charge is 0.335 e. The maximum Gasteiger partial charge on any atom is 0.335 e. The van der Waals surface area contributed by atoms with Crippen LogP contribution < -0.4 is 10.1 Å². The molecule has 1 rings (SSSR count). The summed E-state index contributed by atoms with van der Waals surface area (Å²) in [5, 5.41) is 11.7. The highest BCUT2D eigenvalue weighted by Gasteiger charge is 2.15. The van der Waals surface area contributed by atoms with Gasteiger partial charge in [-0.15, -0.1) is 0 Å². The van der Waals surface area contributed by atoms with Crippen molar-refractivity contribution in [2.75, 3.05) is 6.54 Å². The molecule has 20 heavy (non-hydrogen) atoms. The second kappa shape index (κ2) is 7.53. The maximum atomic E-state index is 11.8. The number of carbonyl (C=O) groups is 2. The normalized spacial score (nSPS) is 11.8. The zero-order chi connectivity index (χ0) is 15.1. The van der Waals surface area contributed by atoms with Gasteiger partial charge < -0.3 is 15.2 Å². The molecular formula is C15H21NO4. The van der Waals surface area contributed by atoms with Crippen molar-refractivity contribution in [3.05, 3.63) is 29.3 Å². The first-order valence-electron chi connectivity index (χ1n) is 6.74. The summed E-state index contributed by atoms with van der Waals surface area (Å²) in [6, 6.07) is 4.67. The number of nitrogens with one attached hydrogen (secondary N) is 1. The van der Waals surface area contributed by atoms with E-state index in [1.807, 2.05) is 0 Å². The number of aromatic carboxylic acids is 1. The van der Waals surface area contributed by atoms with Crippen LogP contribution in [0.25, 0.3) is 0 Å². The number of unbranched alkanes of at least 4 members (excludes halogenated alkanes) is 1. The Morgan fingerprint density at radius 3 is 2.65 bits per heavy atom. The Labute approximate surface area is 118 Å². The lowest BCUT2D eigenvalue weighted by atomic mass is 10.1. The molecule has 2 N–H and O–H groups in total. The Hall–Kier alpha value is -2.04. The zero-order valence-electron chi connectivity index (χ0n) is 12.1. The summed E-state index contributed by atoms with van der Waals surface area (Å²) in [6.07, 6.45) is 1.35. The van der Waals surface area contributed by atoms with Gasteiger partial charge in [0.1, 0.15) is 5.75 Å². The number of rotatable bonds is 7. The first-order chi connectivity index (χ1) is 9.45. The lowest BCUT2D eigenvalue weighted by Gasteiger charge is -2.15.